The fourth-order valence-electron chi connectivity index (χ4n) is 1.71. The topological polar surface area (TPSA) is 49.3 Å². The number of amides is 1. The van der Waals surface area contributed by atoms with Gasteiger partial charge in [-0.25, -0.2) is 0 Å². The second-order valence-electron chi connectivity index (χ2n) is 4.21. The molecule has 17 heavy (non-hydrogen) atoms. The van der Waals surface area contributed by atoms with E-state index in [0.29, 0.717) is 12.1 Å². The molecule has 3 heteroatoms. The van der Waals surface area contributed by atoms with Crippen LogP contribution in [0.5, 0.6) is 0 Å². The maximum atomic E-state index is 11.6. The molecule has 3 nitrogen and oxygen atoms in total. The summed E-state index contributed by atoms with van der Waals surface area (Å²) in [7, 11) is 0. The molecule has 0 saturated carbocycles. The fourth-order valence-corrected chi connectivity index (χ4v) is 1.71. The standard InChI is InChI=1S/C14H21NO2/c1-2-7-13(16)10-6-11-15-14(17)12-8-4-3-5-9-12/h3-5,8-9,13,16H,2,6-7,10-11H2,1H3,(H,15,17). The van der Waals surface area contributed by atoms with Gasteiger partial charge in [0.25, 0.3) is 5.91 Å². The van der Waals surface area contributed by atoms with Gasteiger partial charge in [0, 0.05) is 12.1 Å². The minimum absolute atomic E-state index is 0.0458. The Balaban J connectivity index is 2.17. The second kappa shape index (κ2) is 7.85. The lowest BCUT2D eigenvalue weighted by molar-refractivity contribution is 0.0947. The van der Waals surface area contributed by atoms with Crippen molar-refractivity contribution >= 4 is 5.91 Å². The summed E-state index contributed by atoms with van der Waals surface area (Å²) in [5.41, 5.74) is 0.682. The molecule has 0 aliphatic rings. The fraction of sp³-hybridized carbons (Fsp3) is 0.500. The molecule has 2 N–H and O–H groups in total. The highest BCUT2D eigenvalue weighted by atomic mass is 16.3. The van der Waals surface area contributed by atoms with Gasteiger partial charge < -0.3 is 10.4 Å². The summed E-state index contributed by atoms with van der Waals surface area (Å²) in [6.45, 7) is 2.68. The largest absolute Gasteiger partial charge is 0.393 e. The molecule has 1 amide bonds. The number of hydrogen-bond donors (Lipinski definition) is 2. The van der Waals surface area contributed by atoms with E-state index >= 15 is 0 Å². The van der Waals surface area contributed by atoms with Crippen molar-refractivity contribution in [3.05, 3.63) is 35.9 Å². The quantitative estimate of drug-likeness (QED) is 0.713. The molecule has 0 aliphatic heterocycles. The molecule has 1 unspecified atom stereocenters. The summed E-state index contributed by atoms with van der Waals surface area (Å²) >= 11 is 0. The van der Waals surface area contributed by atoms with E-state index in [1.807, 2.05) is 18.2 Å². The summed E-state index contributed by atoms with van der Waals surface area (Å²) in [6.07, 6.45) is 3.18. The van der Waals surface area contributed by atoms with Gasteiger partial charge >= 0.3 is 0 Å². The summed E-state index contributed by atoms with van der Waals surface area (Å²) in [5.74, 6) is -0.0458. The van der Waals surface area contributed by atoms with Crippen LogP contribution in [0.1, 0.15) is 43.0 Å². The minimum Gasteiger partial charge on any atom is -0.393 e. The number of aliphatic hydroxyl groups is 1. The Bertz CT molecular complexity index is 324. The zero-order chi connectivity index (χ0) is 12.5. The van der Waals surface area contributed by atoms with Crippen molar-refractivity contribution in [3.8, 4) is 0 Å². The second-order valence-corrected chi connectivity index (χ2v) is 4.21. The van der Waals surface area contributed by atoms with E-state index in [2.05, 4.69) is 12.2 Å². The van der Waals surface area contributed by atoms with Gasteiger partial charge in [0.05, 0.1) is 6.10 Å². The van der Waals surface area contributed by atoms with Gasteiger partial charge in [-0.1, -0.05) is 31.5 Å². The first-order valence-corrected chi connectivity index (χ1v) is 6.25. The molecule has 0 radical (unpaired) electrons. The van der Waals surface area contributed by atoms with E-state index < -0.39 is 0 Å². The SMILES string of the molecule is CCCC(O)CCCNC(=O)c1ccccc1. The molecule has 1 aromatic carbocycles. The first-order chi connectivity index (χ1) is 8.24. The van der Waals surface area contributed by atoms with Crippen LogP contribution < -0.4 is 5.32 Å². The highest BCUT2D eigenvalue weighted by Gasteiger charge is 2.05. The number of benzene rings is 1. The average molecular weight is 235 g/mol. The summed E-state index contributed by atoms with van der Waals surface area (Å²) in [5, 5.41) is 12.4. The lowest BCUT2D eigenvalue weighted by atomic mass is 10.1. The number of hydrogen-bond acceptors (Lipinski definition) is 2. The predicted octanol–water partition coefficient (Wildman–Crippen LogP) is 2.36. The third kappa shape index (κ3) is 5.50. The lowest BCUT2D eigenvalue weighted by Crippen LogP contribution is -2.25. The van der Waals surface area contributed by atoms with Crippen molar-refractivity contribution in [1.29, 1.82) is 0 Å². The van der Waals surface area contributed by atoms with E-state index in [9.17, 15) is 9.90 Å². The van der Waals surface area contributed by atoms with Crippen molar-refractivity contribution < 1.29 is 9.90 Å². The van der Waals surface area contributed by atoms with Crippen LogP contribution in [0.3, 0.4) is 0 Å². The summed E-state index contributed by atoms with van der Waals surface area (Å²) < 4.78 is 0. The third-order valence-electron chi connectivity index (χ3n) is 2.66. The average Bonchev–Trinajstić information content (AvgIpc) is 2.36. The number of carbonyl (C=O) groups is 1. The molecule has 1 rings (SSSR count). The van der Waals surface area contributed by atoms with Crippen molar-refractivity contribution in [2.24, 2.45) is 0 Å². The Morgan fingerprint density at radius 3 is 2.65 bits per heavy atom. The Hall–Kier alpha value is -1.35. The zero-order valence-electron chi connectivity index (χ0n) is 10.4. The van der Waals surface area contributed by atoms with Crippen molar-refractivity contribution in [1.82, 2.24) is 5.32 Å². The number of aliphatic hydroxyl groups excluding tert-OH is 1. The van der Waals surface area contributed by atoms with Crippen LogP contribution in [0.15, 0.2) is 30.3 Å². The number of rotatable bonds is 7. The molecular weight excluding hydrogens is 214 g/mol. The van der Waals surface area contributed by atoms with E-state index in [1.54, 1.807) is 12.1 Å². The Labute approximate surface area is 103 Å². The molecule has 94 valence electrons. The molecule has 0 saturated heterocycles. The van der Waals surface area contributed by atoms with Gasteiger partial charge in [-0.05, 0) is 31.4 Å². The van der Waals surface area contributed by atoms with Gasteiger partial charge in [0.1, 0.15) is 0 Å². The van der Waals surface area contributed by atoms with E-state index in [0.717, 1.165) is 25.7 Å². The van der Waals surface area contributed by atoms with Crippen LogP contribution in [-0.4, -0.2) is 23.7 Å². The summed E-state index contributed by atoms with van der Waals surface area (Å²) in [4.78, 5) is 11.6. The smallest absolute Gasteiger partial charge is 0.251 e. The molecule has 0 aromatic heterocycles. The van der Waals surface area contributed by atoms with Gasteiger partial charge in [0.2, 0.25) is 0 Å². The molecule has 0 fully saturated rings. The highest BCUT2D eigenvalue weighted by molar-refractivity contribution is 5.94. The zero-order valence-corrected chi connectivity index (χ0v) is 10.4. The van der Waals surface area contributed by atoms with Crippen LogP contribution >= 0.6 is 0 Å². The van der Waals surface area contributed by atoms with Crippen LogP contribution in [0.4, 0.5) is 0 Å². The normalized spacial score (nSPS) is 12.1. The molecule has 0 heterocycles. The van der Waals surface area contributed by atoms with Crippen molar-refractivity contribution in [2.45, 2.75) is 38.7 Å². The first-order valence-electron chi connectivity index (χ1n) is 6.25. The molecule has 0 spiro atoms. The van der Waals surface area contributed by atoms with Gasteiger partial charge in [-0.15, -0.1) is 0 Å². The third-order valence-corrected chi connectivity index (χ3v) is 2.66. The summed E-state index contributed by atoms with van der Waals surface area (Å²) in [6, 6.07) is 9.17. The Morgan fingerprint density at radius 2 is 2.00 bits per heavy atom. The van der Waals surface area contributed by atoms with Crippen LogP contribution in [0.2, 0.25) is 0 Å². The monoisotopic (exact) mass is 235 g/mol. The van der Waals surface area contributed by atoms with Gasteiger partial charge in [-0.3, -0.25) is 4.79 Å². The highest BCUT2D eigenvalue weighted by Crippen LogP contribution is 2.03. The first kappa shape index (κ1) is 13.7. The van der Waals surface area contributed by atoms with E-state index in [-0.39, 0.29) is 12.0 Å². The van der Waals surface area contributed by atoms with Crippen LogP contribution in [0.25, 0.3) is 0 Å². The number of nitrogens with one attached hydrogen (secondary N) is 1. The maximum absolute atomic E-state index is 11.6. The molecule has 0 aliphatic carbocycles. The lowest BCUT2D eigenvalue weighted by Gasteiger charge is -2.09. The maximum Gasteiger partial charge on any atom is 0.251 e. The van der Waals surface area contributed by atoms with Crippen molar-refractivity contribution in [2.75, 3.05) is 6.54 Å². The number of carbonyl (C=O) groups excluding carboxylic acids is 1. The minimum atomic E-state index is -0.228. The molecule has 1 atom stereocenters. The molecular formula is C14H21NO2. The Morgan fingerprint density at radius 1 is 1.29 bits per heavy atom. The predicted molar refractivity (Wildman–Crippen MR) is 68.9 cm³/mol. The van der Waals surface area contributed by atoms with Crippen LogP contribution in [0, 0.1) is 0 Å². The van der Waals surface area contributed by atoms with Crippen LogP contribution in [-0.2, 0) is 0 Å². The van der Waals surface area contributed by atoms with Gasteiger partial charge in [-0.2, -0.15) is 0 Å². The molecule has 0 bridgehead atoms. The molecule has 1 aromatic rings. The van der Waals surface area contributed by atoms with Gasteiger partial charge in [0.15, 0.2) is 0 Å². The van der Waals surface area contributed by atoms with E-state index in [4.69, 9.17) is 0 Å². The van der Waals surface area contributed by atoms with E-state index in [1.165, 1.54) is 0 Å². The van der Waals surface area contributed by atoms with Crippen molar-refractivity contribution in [3.63, 3.8) is 0 Å². The Kier molecular flexibility index (Phi) is 6.33.